The molecule has 3 heteroatoms. The molecular formula is C18H25NO2. The van der Waals surface area contributed by atoms with Gasteiger partial charge in [-0.1, -0.05) is 44.4 Å². The molecule has 114 valence electrons. The van der Waals surface area contributed by atoms with E-state index < -0.39 is 0 Å². The lowest BCUT2D eigenvalue weighted by atomic mass is 10.2. The number of nitrogens with zero attached hydrogens (tertiary/aromatic N) is 1. The summed E-state index contributed by atoms with van der Waals surface area (Å²) in [6, 6.07) is 10.0. The van der Waals surface area contributed by atoms with Gasteiger partial charge in [-0.25, -0.2) is 4.98 Å². The zero-order valence-corrected chi connectivity index (χ0v) is 13.1. The van der Waals surface area contributed by atoms with Crippen LogP contribution in [-0.2, 0) is 11.2 Å². The first-order valence-electron chi connectivity index (χ1n) is 7.90. The van der Waals surface area contributed by atoms with E-state index in [0.717, 1.165) is 36.5 Å². The van der Waals surface area contributed by atoms with Crippen molar-refractivity contribution in [3.8, 4) is 11.5 Å². The van der Waals surface area contributed by atoms with Crippen molar-refractivity contribution in [1.29, 1.82) is 0 Å². The van der Waals surface area contributed by atoms with E-state index in [1.54, 1.807) is 0 Å². The molecule has 2 aromatic rings. The molecule has 21 heavy (non-hydrogen) atoms. The van der Waals surface area contributed by atoms with Gasteiger partial charge in [0.1, 0.15) is 5.76 Å². The summed E-state index contributed by atoms with van der Waals surface area (Å²) >= 11 is 0. The molecule has 0 aliphatic heterocycles. The number of aromatic nitrogens is 1. The van der Waals surface area contributed by atoms with Crippen LogP contribution in [0.5, 0.6) is 0 Å². The van der Waals surface area contributed by atoms with E-state index in [-0.39, 0.29) is 0 Å². The number of benzene rings is 1. The fraction of sp³-hybridized carbons (Fsp3) is 0.500. The van der Waals surface area contributed by atoms with Crippen molar-refractivity contribution >= 4 is 0 Å². The van der Waals surface area contributed by atoms with Gasteiger partial charge in [0, 0.05) is 18.6 Å². The fourth-order valence-electron chi connectivity index (χ4n) is 2.27. The summed E-state index contributed by atoms with van der Waals surface area (Å²) < 4.78 is 11.4. The van der Waals surface area contributed by atoms with Crippen LogP contribution in [-0.4, -0.2) is 18.2 Å². The van der Waals surface area contributed by atoms with Crippen molar-refractivity contribution in [2.24, 2.45) is 0 Å². The standard InChI is InChI=1S/C18H25NO2/c1-3-4-5-9-13-20-14-12-17-15(2)21-18(19-17)16-10-7-6-8-11-16/h6-8,10-11H,3-5,9,12-14H2,1-2H3. The maximum Gasteiger partial charge on any atom is 0.226 e. The Labute approximate surface area is 127 Å². The topological polar surface area (TPSA) is 35.3 Å². The molecule has 0 fully saturated rings. The van der Waals surface area contributed by atoms with Crippen LogP contribution in [0.15, 0.2) is 34.7 Å². The normalized spacial score (nSPS) is 11.0. The highest BCUT2D eigenvalue weighted by atomic mass is 16.5. The molecule has 0 atom stereocenters. The molecule has 2 rings (SSSR count). The Morgan fingerprint density at radius 1 is 1.05 bits per heavy atom. The number of aryl methyl sites for hydroxylation is 1. The average Bonchev–Trinajstić information content (AvgIpc) is 2.88. The van der Waals surface area contributed by atoms with Gasteiger partial charge in [0.05, 0.1) is 12.3 Å². The van der Waals surface area contributed by atoms with E-state index in [2.05, 4.69) is 11.9 Å². The highest BCUT2D eigenvalue weighted by Crippen LogP contribution is 2.21. The van der Waals surface area contributed by atoms with E-state index in [1.807, 2.05) is 37.3 Å². The van der Waals surface area contributed by atoms with Gasteiger partial charge in [-0.05, 0) is 25.5 Å². The third-order valence-corrected chi connectivity index (χ3v) is 3.54. The first-order valence-corrected chi connectivity index (χ1v) is 7.90. The summed E-state index contributed by atoms with van der Waals surface area (Å²) in [7, 11) is 0. The van der Waals surface area contributed by atoms with Crippen molar-refractivity contribution < 1.29 is 9.15 Å². The molecule has 0 bridgehead atoms. The van der Waals surface area contributed by atoms with Crippen LogP contribution in [0.3, 0.4) is 0 Å². The van der Waals surface area contributed by atoms with Crippen molar-refractivity contribution in [2.45, 2.75) is 46.0 Å². The minimum absolute atomic E-state index is 0.700. The minimum Gasteiger partial charge on any atom is -0.441 e. The maximum atomic E-state index is 5.74. The Morgan fingerprint density at radius 2 is 1.86 bits per heavy atom. The Hall–Kier alpha value is -1.61. The van der Waals surface area contributed by atoms with E-state index in [9.17, 15) is 0 Å². The first-order chi connectivity index (χ1) is 10.3. The lowest BCUT2D eigenvalue weighted by Gasteiger charge is -2.02. The fourth-order valence-corrected chi connectivity index (χ4v) is 2.27. The summed E-state index contributed by atoms with van der Waals surface area (Å²) in [6.45, 7) is 5.75. The van der Waals surface area contributed by atoms with Crippen LogP contribution >= 0.6 is 0 Å². The molecule has 0 radical (unpaired) electrons. The zero-order valence-electron chi connectivity index (χ0n) is 13.1. The van der Waals surface area contributed by atoms with E-state index in [1.165, 1.54) is 19.3 Å². The van der Waals surface area contributed by atoms with E-state index in [0.29, 0.717) is 12.5 Å². The summed E-state index contributed by atoms with van der Waals surface area (Å²) in [4.78, 5) is 4.58. The molecule has 0 saturated heterocycles. The highest BCUT2D eigenvalue weighted by Gasteiger charge is 2.10. The SMILES string of the molecule is CCCCCCOCCc1nc(-c2ccccc2)oc1C. The van der Waals surface area contributed by atoms with E-state index >= 15 is 0 Å². The van der Waals surface area contributed by atoms with Crippen LogP contribution in [0.2, 0.25) is 0 Å². The van der Waals surface area contributed by atoms with Crippen molar-refractivity contribution in [3.05, 3.63) is 41.8 Å². The molecule has 1 aromatic heterocycles. The van der Waals surface area contributed by atoms with Gasteiger partial charge in [0.25, 0.3) is 0 Å². The van der Waals surface area contributed by atoms with Gasteiger partial charge in [-0.3, -0.25) is 0 Å². The summed E-state index contributed by atoms with van der Waals surface area (Å²) in [6.07, 6.45) is 5.79. The number of ether oxygens (including phenoxy) is 1. The predicted octanol–water partition coefficient (Wildman–Crippen LogP) is 4.79. The van der Waals surface area contributed by atoms with Crippen LogP contribution in [0.25, 0.3) is 11.5 Å². The molecule has 0 aliphatic rings. The second-order valence-corrected chi connectivity index (χ2v) is 5.31. The van der Waals surface area contributed by atoms with Crippen LogP contribution < -0.4 is 0 Å². The Balaban J connectivity index is 1.78. The van der Waals surface area contributed by atoms with Crippen LogP contribution in [0.4, 0.5) is 0 Å². The quantitative estimate of drug-likeness (QED) is 0.622. The molecular weight excluding hydrogens is 262 g/mol. The number of hydrogen-bond donors (Lipinski definition) is 0. The molecule has 0 amide bonds. The van der Waals surface area contributed by atoms with Gasteiger partial charge < -0.3 is 9.15 Å². The number of rotatable bonds is 9. The van der Waals surface area contributed by atoms with Gasteiger partial charge in [-0.2, -0.15) is 0 Å². The first kappa shape index (κ1) is 15.8. The Kier molecular flexibility index (Phi) is 6.48. The third kappa shape index (κ3) is 5.01. The highest BCUT2D eigenvalue weighted by molar-refractivity contribution is 5.53. The maximum absolute atomic E-state index is 5.74. The van der Waals surface area contributed by atoms with Gasteiger partial charge >= 0.3 is 0 Å². The second kappa shape index (κ2) is 8.63. The predicted molar refractivity (Wildman–Crippen MR) is 85.3 cm³/mol. The molecule has 0 spiro atoms. The van der Waals surface area contributed by atoms with Crippen molar-refractivity contribution in [3.63, 3.8) is 0 Å². The molecule has 0 aliphatic carbocycles. The van der Waals surface area contributed by atoms with Gasteiger partial charge in [0.15, 0.2) is 0 Å². The lowest BCUT2D eigenvalue weighted by molar-refractivity contribution is 0.132. The number of oxazole rings is 1. The minimum atomic E-state index is 0.700. The Morgan fingerprint density at radius 3 is 2.62 bits per heavy atom. The van der Waals surface area contributed by atoms with E-state index in [4.69, 9.17) is 9.15 Å². The molecule has 0 saturated carbocycles. The molecule has 0 unspecified atom stereocenters. The average molecular weight is 287 g/mol. The molecule has 0 N–H and O–H groups in total. The largest absolute Gasteiger partial charge is 0.441 e. The Bertz CT molecular complexity index is 519. The summed E-state index contributed by atoms with van der Waals surface area (Å²) in [5, 5.41) is 0. The van der Waals surface area contributed by atoms with Crippen LogP contribution in [0.1, 0.15) is 44.1 Å². The third-order valence-electron chi connectivity index (χ3n) is 3.54. The molecule has 3 nitrogen and oxygen atoms in total. The van der Waals surface area contributed by atoms with Gasteiger partial charge in [0.2, 0.25) is 5.89 Å². The number of unbranched alkanes of at least 4 members (excludes halogenated alkanes) is 3. The van der Waals surface area contributed by atoms with Crippen molar-refractivity contribution in [2.75, 3.05) is 13.2 Å². The number of hydrogen-bond acceptors (Lipinski definition) is 3. The van der Waals surface area contributed by atoms with Crippen molar-refractivity contribution in [1.82, 2.24) is 4.98 Å². The zero-order chi connectivity index (χ0) is 14.9. The second-order valence-electron chi connectivity index (χ2n) is 5.31. The van der Waals surface area contributed by atoms with Crippen LogP contribution in [0, 0.1) is 6.92 Å². The van der Waals surface area contributed by atoms with Gasteiger partial charge in [-0.15, -0.1) is 0 Å². The molecule has 1 aromatic carbocycles. The lowest BCUT2D eigenvalue weighted by Crippen LogP contribution is -2.01. The molecule has 1 heterocycles. The monoisotopic (exact) mass is 287 g/mol. The summed E-state index contributed by atoms with van der Waals surface area (Å²) in [5.74, 6) is 1.59. The summed E-state index contributed by atoms with van der Waals surface area (Å²) in [5.41, 5.74) is 2.02. The smallest absolute Gasteiger partial charge is 0.226 e.